The Bertz CT molecular complexity index is 318. The van der Waals surface area contributed by atoms with Gasteiger partial charge in [0.15, 0.2) is 0 Å². The number of carboxylic acid groups (broad SMARTS) is 1. The van der Waals surface area contributed by atoms with E-state index in [4.69, 9.17) is 11.6 Å². The van der Waals surface area contributed by atoms with Gasteiger partial charge >= 0.3 is 0 Å². The van der Waals surface area contributed by atoms with Crippen molar-refractivity contribution < 1.29 is 9.90 Å². The topological polar surface area (TPSA) is 40.1 Å². The molecule has 0 N–H and O–H groups in total. The molecule has 0 bridgehead atoms. The van der Waals surface area contributed by atoms with Crippen LogP contribution < -0.4 is 5.11 Å². The molecule has 0 aliphatic heterocycles. The summed E-state index contributed by atoms with van der Waals surface area (Å²) in [6, 6.07) is 6.89. The van der Waals surface area contributed by atoms with Gasteiger partial charge in [-0.3, -0.25) is 0 Å². The summed E-state index contributed by atoms with van der Waals surface area (Å²) in [5, 5.41) is 10.6. The van der Waals surface area contributed by atoms with E-state index in [1.165, 1.54) is 6.08 Å². The van der Waals surface area contributed by atoms with Gasteiger partial charge in [-0.05, 0) is 23.8 Å². The van der Waals surface area contributed by atoms with E-state index in [1.807, 2.05) is 0 Å². The molecule has 2 nitrogen and oxygen atoms in total. The second-order valence-electron chi connectivity index (χ2n) is 2.21. The zero-order valence-corrected chi connectivity index (χ0v) is 6.91. The highest BCUT2D eigenvalue weighted by atomic mass is 35.5. The summed E-state index contributed by atoms with van der Waals surface area (Å²) in [5.41, 5.74) is 0.742. The summed E-state index contributed by atoms with van der Waals surface area (Å²) in [7, 11) is 0. The van der Waals surface area contributed by atoms with Crippen LogP contribution in [-0.4, -0.2) is 5.97 Å². The Hall–Kier alpha value is -1.28. The lowest BCUT2D eigenvalue weighted by Crippen LogP contribution is -2.18. The van der Waals surface area contributed by atoms with E-state index >= 15 is 0 Å². The highest BCUT2D eigenvalue weighted by Gasteiger charge is 1.87. The molecule has 0 saturated heterocycles. The van der Waals surface area contributed by atoms with Crippen molar-refractivity contribution in [3.8, 4) is 0 Å². The number of halogens is 1. The molecule has 0 fully saturated rings. The maximum absolute atomic E-state index is 10.0. The van der Waals surface area contributed by atoms with Crippen molar-refractivity contribution in [2.45, 2.75) is 0 Å². The SMILES string of the molecule is O=C([O-])C=Cc1cccc(Cl)c1. The number of carbonyl (C=O) groups excluding carboxylic acids is 1. The molecule has 62 valence electrons. The van der Waals surface area contributed by atoms with E-state index < -0.39 is 5.97 Å². The Morgan fingerprint density at radius 2 is 2.25 bits per heavy atom. The number of hydrogen-bond donors (Lipinski definition) is 0. The largest absolute Gasteiger partial charge is 0.545 e. The Morgan fingerprint density at radius 3 is 2.83 bits per heavy atom. The molecule has 0 amide bonds. The van der Waals surface area contributed by atoms with Crippen LogP contribution in [-0.2, 0) is 4.79 Å². The van der Waals surface area contributed by atoms with Crippen molar-refractivity contribution in [1.82, 2.24) is 0 Å². The van der Waals surface area contributed by atoms with Crippen LogP contribution in [0.15, 0.2) is 30.3 Å². The van der Waals surface area contributed by atoms with Crippen LogP contribution in [0.25, 0.3) is 6.08 Å². The third-order valence-corrected chi connectivity index (χ3v) is 1.50. The van der Waals surface area contributed by atoms with Crippen LogP contribution in [0.3, 0.4) is 0 Å². The van der Waals surface area contributed by atoms with Crippen LogP contribution in [0.4, 0.5) is 0 Å². The number of rotatable bonds is 2. The highest BCUT2D eigenvalue weighted by molar-refractivity contribution is 6.30. The van der Waals surface area contributed by atoms with Crippen molar-refractivity contribution in [1.29, 1.82) is 0 Å². The molecule has 1 aromatic carbocycles. The fourth-order valence-corrected chi connectivity index (χ4v) is 0.973. The number of benzene rings is 1. The molecule has 0 saturated carbocycles. The van der Waals surface area contributed by atoms with Crippen LogP contribution in [0.5, 0.6) is 0 Å². The summed E-state index contributed by atoms with van der Waals surface area (Å²) in [4.78, 5) is 10.0. The Morgan fingerprint density at radius 1 is 1.50 bits per heavy atom. The highest BCUT2D eigenvalue weighted by Crippen LogP contribution is 2.11. The molecule has 0 atom stereocenters. The van der Waals surface area contributed by atoms with Crippen LogP contribution in [0.1, 0.15) is 5.56 Å². The molecule has 12 heavy (non-hydrogen) atoms. The van der Waals surface area contributed by atoms with Crippen molar-refractivity contribution in [3.63, 3.8) is 0 Å². The molecule has 0 unspecified atom stereocenters. The first-order chi connectivity index (χ1) is 5.68. The zero-order valence-electron chi connectivity index (χ0n) is 6.16. The first-order valence-corrected chi connectivity index (χ1v) is 3.71. The first-order valence-electron chi connectivity index (χ1n) is 3.33. The second kappa shape index (κ2) is 3.93. The van der Waals surface area contributed by atoms with Gasteiger partial charge in [0.05, 0.1) is 5.97 Å². The monoisotopic (exact) mass is 181 g/mol. The standard InChI is InChI=1S/C9H7ClO2/c10-8-3-1-2-7(6-8)4-5-9(11)12/h1-6H,(H,11,12)/p-1. The molecule has 0 aliphatic rings. The number of carbonyl (C=O) groups is 1. The first kappa shape index (κ1) is 8.81. The third kappa shape index (κ3) is 2.76. The molecule has 0 aromatic heterocycles. The van der Waals surface area contributed by atoms with E-state index in [-0.39, 0.29) is 0 Å². The average molecular weight is 182 g/mol. The minimum Gasteiger partial charge on any atom is -0.545 e. The number of aliphatic carboxylic acids is 1. The van der Waals surface area contributed by atoms with Crippen molar-refractivity contribution in [2.24, 2.45) is 0 Å². The van der Waals surface area contributed by atoms with E-state index in [0.717, 1.165) is 11.6 Å². The average Bonchev–Trinajstić information content (AvgIpc) is 2.01. The number of hydrogen-bond acceptors (Lipinski definition) is 2. The number of carboxylic acids is 1. The van der Waals surface area contributed by atoms with E-state index in [1.54, 1.807) is 24.3 Å². The molecule has 3 heteroatoms. The van der Waals surface area contributed by atoms with Gasteiger partial charge in [0.2, 0.25) is 0 Å². The van der Waals surface area contributed by atoms with Crippen molar-refractivity contribution >= 4 is 23.6 Å². The zero-order chi connectivity index (χ0) is 8.97. The summed E-state index contributed by atoms with van der Waals surface area (Å²) >= 11 is 5.66. The van der Waals surface area contributed by atoms with Gasteiger partial charge < -0.3 is 9.90 Å². The molecule has 0 heterocycles. The summed E-state index contributed by atoms with van der Waals surface area (Å²) in [5.74, 6) is -1.21. The van der Waals surface area contributed by atoms with Crippen LogP contribution >= 0.6 is 11.6 Å². The molecule has 0 radical (unpaired) electrons. The van der Waals surface area contributed by atoms with E-state index in [9.17, 15) is 9.90 Å². The molecular weight excluding hydrogens is 176 g/mol. The van der Waals surface area contributed by atoms with E-state index in [2.05, 4.69) is 0 Å². The predicted octanol–water partition coefficient (Wildman–Crippen LogP) is 1.10. The quantitative estimate of drug-likeness (QED) is 0.642. The normalized spacial score (nSPS) is 10.4. The van der Waals surface area contributed by atoms with Gasteiger partial charge in [-0.15, -0.1) is 0 Å². The molecule has 0 spiro atoms. The Balaban J connectivity index is 2.83. The molecule has 1 rings (SSSR count). The molecular formula is C9H6ClO2-. The van der Waals surface area contributed by atoms with Gasteiger partial charge in [-0.25, -0.2) is 0 Å². The summed E-state index contributed by atoms with van der Waals surface area (Å²) in [6.07, 6.45) is 2.40. The Labute approximate surface area is 75.1 Å². The fraction of sp³-hybridized carbons (Fsp3) is 0. The van der Waals surface area contributed by atoms with Gasteiger partial charge in [-0.1, -0.05) is 29.8 Å². The maximum atomic E-state index is 10.0. The second-order valence-corrected chi connectivity index (χ2v) is 2.64. The van der Waals surface area contributed by atoms with Crippen LogP contribution in [0, 0.1) is 0 Å². The Kier molecular flexibility index (Phi) is 2.88. The molecule has 1 aromatic rings. The van der Waals surface area contributed by atoms with Crippen molar-refractivity contribution in [2.75, 3.05) is 0 Å². The summed E-state index contributed by atoms with van der Waals surface area (Å²) in [6.45, 7) is 0. The minimum absolute atomic E-state index is 0.579. The van der Waals surface area contributed by atoms with Gasteiger partial charge in [0, 0.05) is 5.02 Å². The molecule has 0 aliphatic carbocycles. The van der Waals surface area contributed by atoms with E-state index in [0.29, 0.717) is 5.02 Å². The smallest absolute Gasteiger partial charge is 0.0643 e. The fourth-order valence-electron chi connectivity index (χ4n) is 0.775. The minimum atomic E-state index is -1.21. The van der Waals surface area contributed by atoms with Crippen molar-refractivity contribution in [3.05, 3.63) is 40.9 Å². The van der Waals surface area contributed by atoms with Gasteiger partial charge in [-0.2, -0.15) is 0 Å². The van der Waals surface area contributed by atoms with Gasteiger partial charge in [0.25, 0.3) is 0 Å². The maximum Gasteiger partial charge on any atom is 0.0643 e. The third-order valence-electron chi connectivity index (χ3n) is 1.26. The lowest BCUT2D eigenvalue weighted by molar-refractivity contribution is -0.297. The lowest BCUT2D eigenvalue weighted by Gasteiger charge is -1.94. The predicted molar refractivity (Wildman–Crippen MR) is 45.5 cm³/mol. The lowest BCUT2D eigenvalue weighted by atomic mass is 10.2. The van der Waals surface area contributed by atoms with Gasteiger partial charge in [0.1, 0.15) is 0 Å². The van der Waals surface area contributed by atoms with Crippen LogP contribution in [0.2, 0.25) is 5.02 Å². The summed E-state index contributed by atoms with van der Waals surface area (Å²) < 4.78 is 0.